The van der Waals surface area contributed by atoms with Gasteiger partial charge in [-0.25, -0.2) is 8.42 Å². The summed E-state index contributed by atoms with van der Waals surface area (Å²) in [6, 6.07) is 5.09. The van der Waals surface area contributed by atoms with E-state index in [0.29, 0.717) is 18.0 Å². The van der Waals surface area contributed by atoms with Gasteiger partial charge in [0.15, 0.2) is 9.84 Å². The van der Waals surface area contributed by atoms with Crippen LogP contribution in [0.2, 0.25) is 0 Å². The molecule has 114 valence electrons. The summed E-state index contributed by atoms with van der Waals surface area (Å²) in [6.45, 7) is 4.27. The number of sulfone groups is 1. The van der Waals surface area contributed by atoms with E-state index < -0.39 is 9.84 Å². The summed E-state index contributed by atoms with van der Waals surface area (Å²) in [5, 5.41) is 3.20. The molecule has 20 heavy (non-hydrogen) atoms. The smallest absolute Gasteiger partial charge is 0.151 e. The fourth-order valence-corrected chi connectivity index (χ4v) is 3.03. The second kappa shape index (κ2) is 7.50. The Labute approximate surface area is 121 Å². The molecule has 5 nitrogen and oxygen atoms in total. The average molecular weight is 301 g/mol. The van der Waals surface area contributed by atoms with Crippen LogP contribution in [0.4, 0.5) is 0 Å². The summed E-state index contributed by atoms with van der Waals surface area (Å²) < 4.78 is 34.3. The highest BCUT2D eigenvalue weighted by Crippen LogP contribution is 2.30. The van der Waals surface area contributed by atoms with Crippen molar-refractivity contribution in [2.24, 2.45) is 0 Å². The maximum Gasteiger partial charge on any atom is 0.151 e. The summed E-state index contributed by atoms with van der Waals surface area (Å²) >= 11 is 0. The van der Waals surface area contributed by atoms with Crippen molar-refractivity contribution in [1.82, 2.24) is 5.32 Å². The lowest BCUT2D eigenvalue weighted by atomic mass is 10.1. The van der Waals surface area contributed by atoms with E-state index in [0.717, 1.165) is 5.56 Å². The molecular formula is C14H23NO4S. The molecule has 0 saturated heterocycles. The Morgan fingerprint density at radius 3 is 2.40 bits per heavy atom. The molecule has 0 saturated carbocycles. The van der Waals surface area contributed by atoms with Gasteiger partial charge in [-0.1, -0.05) is 13.8 Å². The number of hydrogen-bond donors (Lipinski definition) is 1. The minimum atomic E-state index is -3.09. The maximum absolute atomic E-state index is 11.9. The zero-order valence-corrected chi connectivity index (χ0v) is 13.3. The first-order chi connectivity index (χ1) is 9.47. The highest BCUT2D eigenvalue weighted by molar-refractivity contribution is 7.91. The molecule has 0 bridgehead atoms. The molecule has 1 N–H and O–H groups in total. The van der Waals surface area contributed by atoms with Crippen molar-refractivity contribution in [1.29, 1.82) is 0 Å². The Balaban J connectivity index is 3.19. The molecule has 1 aromatic rings. The van der Waals surface area contributed by atoms with E-state index in [1.807, 2.05) is 13.0 Å². The van der Waals surface area contributed by atoms with Crippen LogP contribution in [0.25, 0.3) is 0 Å². The molecule has 1 aromatic carbocycles. The van der Waals surface area contributed by atoms with Gasteiger partial charge in [0.05, 0.1) is 20.0 Å². The summed E-state index contributed by atoms with van der Waals surface area (Å²) in [4.78, 5) is 0. The predicted octanol–water partition coefficient (Wildman–Crippen LogP) is 1.79. The lowest BCUT2D eigenvalue weighted by Crippen LogP contribution is -2.29. The monoisotopic (exact) mass is 301 g/mol. The molecule has 1 atom stereocenters. The fourth-order valence-electron chi connectivity index (χ4n) is 1.99. The Morgan fingerprint density at radius 1 is 1.20 bits per heavy atom. The molecule has 6 heteroatoms. The Bertz CT molecular complexity index is 528. The second-order valence-electron chi connectivity index (χ2n) is 4.42. The number of nitrogens with one attached hydrogen (secondary N) is 1. The van der Waals surface area contributed by atoms with Crippen LogP contribution < -0.4 is 14.8 Å². The highest BCUT2D eigenvalue weighted by Gasteiger charge is 2.22. The fraction of sp³-hybridized carbons (Fsp3) is 0.571. The molecule has 0 aliphatic heterocycles. The van der Waals surface area contributed by atoms with Crippen LogP contribution >= 0.6 is 0 Å². The SMILES string of the molecule is CCNC(CS(=O)(=O)CC)c1cc(OC)ccc1OC. The summed E-state index contributed by atoms with van der Waals surface area (Å²) in [5.41, 5.74) is 0.797. The number of methoxy groups -OCH3 is 2. The van der Waals surface area contributed by atoms with E-state index in [4.69, 9.17) is 9.47 Å². The van der Waals surface area contributed by atoms with Crippen LogP contribution in [-0.4, -0.2) is 40.7 Å². The summed E-state index contributed by atoms with van der Waals surface area (Å²) in [5.74, 6) is 1.50. The van der Waals surface area contributed by atoms with Gasteiger partial charge in [0.1, 0.15) is 11.5 Å². The van der Waals surface area contributed by atoms with Crippen LogP contribution in [0.3, 0.4) is 0 Å². The highest BCUT2D eigenvalue weighted by atomic mass is 32.2. The van der Waals surface area contributed by atoms with Gasteiger partial charge in [0.25, 0.3) is 0 Å². The molecule has 0 radical (unpaired) electrons. The van der Waals surface area contributed by atoms with Crippen molar-refractivity contribution >= 4 is 9.84 Å². The third-order valence-corrected chi connectivity index (χ3v) is 4.84. The van der Waals surface area contributed by atoms with Crippen molar-refractivity contribution in [3.05, 3.63) is 23.8 Å². The van der Waals surface area contributed by atoms with Crippen LogP contribution in [0.1, 0.15) is 25.5 Å². The van der Waals surface area contributed by atoms with E-state index in [2.05, 4.69) is 5.32 Å². The van der Waals surface area contributed by atoms with Crippen LogP contribution in [0.5, 0.6) is 11.5 Å². The van der Waals surface area contributed by atoms with Gasteiger partial charge >= 0.3 is 0 Å². The second-order valence-corrected chi connectivity index (χ2v) is 6.81. The quantitative estimate of drug-likeness (QED) is 0.793. The normalized spacial score (nSPS) is 13.0. The minimum Gasteiger partial charge on any atom is -0.497 e. The topological polar surface area (TPSA) is 64.6 Å². The predicted molar refractivity (Wildman–Crippen MR) is 80.3 cm³/mol. The van der Waals surface area contributed by atoms with E-state index in [9.17, 15) is 8.42 Å². The van der Waals surface area contributed by atoms with Gasteiger partial charge in [-0.05, 0) is 24.7 Å². The van der Waals surface area contributed by atoms with Gasteiger partial charge in [0.2, 0.25) is 0 Å². The summed E-state index contributed by atoms with van der Waals surface area (Å²) in [6.07, 6.45) is 0. The molecule has 0 aliphatic carbocycles. The summed E-state index contributed by atoms with van der Waals surface area (Å²) in [7, 11) is 0.0596. The van der Waals surface area contributed by atoms with Gasteiger partial charge in [-0.3, -0.25) is 0 Å². The molecule has 0 fully saturated rings. The number of benzene rings is 1. The van der Waals surface area contributed by atoms with Crippen molar-refractivity contribution in [2.75, 3.05) is 32.3 Å². The van der Waals surface area contributed by atoms with Gasteiger partial charge in [-0.2, -0.15) is 0 Å². The molecule has 0 aliphatic rings. The first-order valence-corrected chi connectivity index (χ1v) is 8.45. The molecule has 1 rings (SSSR count). The van der Waals surface area contributed by atoms with Crippen molar-refractivity contribution in [3.63, 3.8) is 0 Å². The van der Waals surface area contributed by atoms with Gasteiger partial charge < -0.3 is 14.8 Å². The molecule has 0 amide bonds. The zero-order valence-electron chi connectivity index (χ0n) is 12.5. The molecule has 1 unspecified atom stereocenters. The minimum absolute atomic E-state index is 0.0425. The van der Waals surface area contributed by atoms with E-state index in [1.54, 1.807) is 33.3 Å². The van der Waals surface area contributed by atoms with Gasteiger partial charge in [0, 0.05) is 17.4 Å². The van der Waals surface area contributed by atoms with Gasteiger partial charge in [-0.15, -0.1) is 0 Å². The van der Waals surface area contributed by atoms with Crippen molar-refractivity contribution < 1.29 is 17.9 Å². The van der Waals surface area contributed by atoms with Crippen LogP contribution in [0, 0.1) is 0 Å². The average Bonchev–Trinajstić information content (AvgIpc) is 2.46. The zero-order chi connectivity index (χ0) is 15.2. The maximum atomic E-state index is 11.9. The Morgan fingerprint density at radius 2 is 1.90 bits per heavy atom. The lowest BCUT2D eigenvalue weighted by Gasteiger charge is -2.21. The third-order valence-electron chi connectivity index (χ3n) is 3.12. The number of ether oxygens (including phenoxy) is 2. The van der Waals surface area contributed by atoms with Crippen molar-refractivity contribution in [3.8, 4) is 11.5 Å². The molecule has 0 aromatic heterocycles. The molecule has 0 spiro atoms. The Hall–Kier alpha value is -1.27. The number of hydrogen-bond acceptors (Lipinski definition) is 5. The lowest BCUT2D eigenvalue weighted by molar-refractivity contribution is 0.392. The third kappa shape index (κ3) is 4.38. The van der Waals surface area contributed by atoms with E-state index in [1.165, 1.54) is 0 Å². The van der Waals surface area contributed by atoms with Crippen LogP contribution in [0.15, 0.2) is 18.2 Å². The number of rotatable bonds is 8. The first kappa shape index (κ1) is 16.8. The largest absolute Gasteiger partial charge is 0.497 e. The first-order valence-electron chi connectivity index (χ1n) is 6.63. The Kier molecular flexibility index (Phi) is 6.29. The standard InChI is InChI=1S/C14H23NO4S/c1-5-15-13(10-20(16,17)6-2)12-9-11(18-3)7-8-14(12)19-4/h7-9,13,15H,5-6,10H2,1-4H3. The van der Waals surface area contributed by atoms with E-state index >= 15 is 0 Å². The molecular weight excluding hydrogens is 278 g/mol. The van der Waals surface area contributed by atoms with Crippen molar-refractivity contribution in [2.45, 2.75) is 19.9 Å². The molecule has 0 heterocycles. The van der Waals surface area contributed by atoms with Crippen LogP contribution in [-0.2, 0) is 9.84 Å². The van der Waals surface area contributed by atoms with E-state index in [-0.39, 0.29) is 17.5 Å².